The van der Waals surface area contributed by atoms with Crippen molar-refractivity contribution in [3.8, 4) is 17.1 Å². The van der Waals surface area contributed by atoms with E-state index in [1.807, 2.05) is 105 Å². The number of carbonyl (C=O) groups is 1. The van der Waals surface area contributed by atoms with Gasteiger partial charge in [0.05, 0.1) is 11.4 Å². The van der Waals surface area contributed by atoms with Crippen LogP contribution in [0.1, 0.15) is 67.8 Å². The molecule has 0 saturated heterocycles. The first-order valence-electron chi connectivity index (χ1n) is 14.9. The number of para-hydroxylation sites is 2. The van der Waals surface area contributed by atoms with E-state index >= 15 is 0 Å². The summed E-state index contributed by atoms with van der Waals surface area (Å²) in [4.78, 5) is 20.3. The van der Waals surface area contributed by atoms with Gasteiger partial charge in [0.1, 0.15) is 0 Å². The number of nitrogen functional groups attached to an aromatic ring is 1. The van der Waals surface area contributed by atoms with Gasteiger partial charge in [-0.1, -0.05) is 113 Å². The van der Waals surface area contributed by atoms with E-state index in [9.17, 15) is 4.79 Å². The van der Waals surface area contributed by atoms with Crippen LogP contribution < -0.4 is 11.3 Å². The second-order valence-corrected chi connectivity index (χ2v) is 11.1. The minimum absolute atomic E-state index is 0. The number of nitrogens with one attached hydrogen (secondary N) is 1. The summed E-state index contributed by atoms with van der Waals surface area (Å²) in [5.41, 5.74) is 9.62. The molecule has 3 N–H and O–H groups in total. The number of aliphatic imine (C=N–C) groups is 1. The molecular formula is C37H45ClN6O. The molecule has 236 valence electrons. The molecule has 7 nitrogen and oxygen atoms in total. The van der Waals surface area contributed by atoms with Crippen LogP contribution in [-0.2, 0) is 0 Å². The summed E-state index contributed by atoms with van der Waals surface area (Å²) in [6, 6.07) is 35.5. The molecule has 0 saturated carbocycles. The van der Waals surface area contributed by atoms with Crippen LogP contribution in [0.4, 0.5) is 5.69 Å². The van der Waals surface area contributed by atoms with Crippen molar-refractivity contribution in [3.63, 3.8) is 0 Å². The first-order chi connectivity index (χ1) is 21.1. The van der Waals surface area contributed by atoms with Gasteiger partial charge < -0.3 is 5.43 Å². The molecule has 1 amide bonds. The number of amides is 1. The summed E-state index contributed by atoms with van der Waals surface area (Å²) in [5, 5.41) is 4.72. The predicted octanol–water partition coefficient (Wildman–Crippen LogP) is 9.01. The number of hydrazine groups is 1. The molecule has 0 spiro atoms. The molecule has 0 unspecified atom stereocenters. The molecule has 0 fully saturated rings. The van der Waals surface area contributed by atoms with E-state index in [1.165, 1.54) is 11.1 Å². The van der Waals surface area contributed by atoms with E-state index in [1.54, 1.807) is 12.1 Å². The maximum atomic E-state index is 11.6. The average Bonchev–Trinajstić information content (AvgIpc) is 3.49. The number of anilines is 1. The van der Waals surface area contributed by atoms with Gasteiger partial charge in [0, 0.05) is 22.8 Å². The SMILES string of the molecule is CC(=NC(=O)c1ccccc1)C(C)C.Cc1ccccc1-n1nc(C(C)C)nc1-c1ccccc1.Cc1ccccc1NN.Cl. The monoisotopic (exact) mass is 624 g/mol. The lowest BCUT2D eigenvalue weighted by Crippen LogP contribution is -2.07. The summed E-state index contributed by atoms with van der Waals surface area (Å²) < 4.78 is 1.96. The van der Waals surface area contributed by atoms with Gasteiger partial charge in [-0.2, -0.15) is 5.10 Å². The Balaban J connectivity index is 0.000000255. The first kappa shape index (κ1) is 36.6. The summed E-state index contributed by atoms with van der Waals surface area (Å²) in [7, 11) is 0. The Bertz CT molecular complexity index is 1650. The lowest BCUT2D eigenvalue weighted by Gasteiger charge is -2.08. The molecule has 0 aliphatic carbocycles. The molecule has 1 heterocycles. The van der Waals surface area contributed by atoms with Crippen molar-refractivity contribution in [3.05, 3.63) is 132 Å². The van der Waals surface area contributed by atoms with Crippen LogP contribution in [0.2, 0.25) is 0 Å². The molecule has 4 aromatic carbocycles. The predicted molar refractivity (Wildman–Crippen MR) is 191 cm³/mol. The fourth-order valence-electron chi connectivity index (χ4n) is 3.99. The van der Waals surface area contributed by atoms with Crippen molar-refractivity contribution in [2.45, 2.75) is 54.4 Å². The van der Waals surface area contributed by atoms with Gasteiger partial charge >= 0.3 is 0 Å². The molecule has 0 radical (unpaired) electrons. The molecule has 5 aromatic rings. The standard InChI is InChI=1S/C18H19N3.C12H15NO.C7H10N2.ClH/c1-13(2)17-19-18(15-10-5-4-6-11-15)21(20-17)16-12-8-7-9-14(16)3;1-9(2)10(3)13-12(14)11-7-5-4-6-8-11;1-6-4-2-3-5-7(6)9-8;/h4-13H,1-3H3;4-9H,1-3H3;2-5,9H,8H2,1H3;1H. The smallest absolute Gasteiger partial charge is 0.276 e. The van der Waals surface area contributed by atoms with Crippen LogP contribution in [0.3, 0.4) is 0 Å². The number of nitrogens with zero attached hydrogens (tertiary/aromatic N) is 4. The highest BCUT2D eigenvalue weighted by Gasteiger charge is 2.16. The number of hydrogen-bond acceptors (Lipinski definition) is 5. The van der Waals surface area contributed by atoms with E-state index in [0.717, 1.165) is 34.3 Å². The maximum Gasteiger partial charge on any atom is 0.276 e. The second kappa shape index (κ2) is 18.3. The second-order valence-electron chi connectivity index (χ2n) is 11.1. The highest BCUT2D eigenvalue weighted by molar-refractivity contribution is 6.03. The first-order valence-corrected chi connectivity index (χ1v) is 14.9. The zero-order chi connectivity index (χ0) is 32.1. The average molecular weight is 625 g/mol. The Morgan fingerprint density at radius 2 is 1.31 bits per heavy atom. The van der Waals surface area contributed by atoms with Crippen LogP contribution in [0.15, 0.2) is 114 Å². The number of carbonyl (C=O) groups excluding carboxylic acids is 1. The lowest BCUT2D eigenvalue weighted by atomic mass is 10.1. The van der Waals surface area contributed by atoms with E-state index in [0.29, 0.717) is 17.4 Å². The molecule has 8 heteroatoms. The Morgan fingerprint density at radius 3 is 1.82 bits per heavy atom. The molecular weight excluding hydrogens is 580 g/mol. The molecule has 45 heavy (non-hydrogen) atoms. The minimum atomic E-state index is -0.156. The Hall–Kier alpha value is -4.59. The lowest BCUT2D eigenvalue weighted by molar-refractivity contribution is 0.100. The molecule has 0 bridgehead atoms. The number of rotatable bonds is 6. The number of aromatic nitrogens is 3. The summed E-state index contributed by atoms with van der Waals surface area (Å²) in [6.07, 6.45) is 0. The molecule has 1 aromatic heterocycles. The number of nitrogens with two attached hydrogens (primary N) is 1. The Kier molecular flexibility index (Phi) is 14.9. The van der Waals surface area contributed by atoms with E-state index in [4.69, 9.17) is 15.9 Å². The fraction of sp³-hybridized carbons (Fsp3) is 0.243. The topological polar surface area (TPSA) is 98.2 Å². The van der Waals surface area contributed by atoms with Gasteiger partial charge in [0.15, 0.2) is 11.6 Å². The summed E-state index contributed by atoms with van der Waals surface area (Å²) in [6.45, 7) is 14.3. The van der Waals surface area contributed by atoms with E-state index in [-0.39, 0.29) is 18.3 Å². The van der Waals surface area contributed by atoms with Crippen LogP contribution in [0.25, 0.3) is 17.1 Å². The number of benzene rings is 4. The highest BCUT2D eigenvalue weighted by Crippen LogP contribution is 2.25. The van der Waals surface area contributed by atoms with Gasteiger partial charge in [0.25, 0.3) is 5.91 Å². The van der Waals surface area contributed by atoms with Gasteiger partial charge in [-0.05, 0) is 62.1 Å². The highest BCUT2D eigenvalue weighted by atomic mass is 35.5. The van der Waals surface area contributed by atoms with Crippen molar-refractivity contribution in [2.75, 3.05) is 5.43 Å². The summed E-state index contributed by atoms with van der Waals surface area (Å²) in [5.74, 6) is 7.44. The molecule has 0 atom stereocenters. The van der Waals surface area contributed by atoms with Gasteiger partial charge in [-0.3, -0.25) is 10.6 Å². The maximum absolute atomic E-state index is 11.6. The zero-order valence-corrected chi connectivity index (χ0v) is 28.0. The molecule has 0 aliphatic heterocycles. The van der Waals surface area contributed by atoms with Crippen molar-refractivity contribution in [2.24, 2.45) is 16.8 Å². The number of halogens is 1. The van der Waals surface area contributed by atoms with Crippen LogP contribution in [-0.4, -0.2) is 26.4 Å². The summed E-state index contributed by atoms with van der Waals surface area (Å²) >= 11 is 0. The van der Waals surface area contributed by atoms with Gasteiger partial charge in [-0.25, -0.2) is 14.7 Å². The van der Waals surface area contributed by atoms with Crippen molar-refractivity contribution >= 4 is 29.7 Å². The van der Waals surface area contributed by atoms with Crippen molar-refractivity contribution in [1.29, 1.82) is 0 Å². The minimum Gasteiger partial charge on any atom is -0.324 e. The Morgan fingerprint density at radius 1 is 0.778 bits per heavy atom. The zero-order valence-electron chi connectivity index (χ0n) is 27.2. The van der Waals surface area contributed by atoms with Crippen molar-refractivity contribution in [1.82, 2.24) is 14.8 Å². The third kappa shape index (κ3) is 10.8. The number of hydrogen-bond donors (Lipinski definition) is 2. The van der Waals surface area contributed by atoms with E-state index < -0.39 is 0 Å². The largest absolute Gasteiger partial charge is 0.324 e. The fourth-order valence-corrected chi connectivity index (χ4v) is 3.99. The van der Waals surface area contributed by atoms with Crippen LogP contribution in [0, 0.1) is 19.8 Å². The van der Waals surface area contributed by atoms with Gasteiger partial charge in [0.2, 0.25) is 0 Å². The quantitative estimate of drug-likeness (QED) is 0.112. The molecule has 5 rings (SSSR count). The number of aryl methyl sites for hydroxylation is 2. The van der Waals surface area contributed by atoms with Crippen molar-refractivity contribution < 1.29 is 4.79 Å². The Labute approximate surface area is 274 Å². The normalized spacial score (nSPS) is 10.7. The van der Waals surface area contributed by atoms with Crippen LogP contribution >= 0.6 is 12.4 Å². The molecule has 0 aliphatic rings. The third-order valence-electron chi connectivity index (χ3n) is 6.95. The van der Waals surface area contributed by atoms with Crippen LogP contribution in [0.5, 0.6) is 0 Å². The van der Waals surface area contributed by atoms with Gasteiger partial charge in [-0.15, -0.1) is 12.4 Å². The van der Waals surface area contributed by atoms with E-state index in [2.05, 4.69) is 55.5 Å². The third-order valence-corrected chi connectivity index (χ3v) is 6.95.